The van der Waals surface area contributed by atoms with E-state index in [1.807, 2.05) is 0 Å². The van der Waals surface area contributed by atoms with E-state index >= 15 is 4.39 Å². The Morgan fingerprint density at radius 2 is 1.30 bits per heavy atom. The highest BCUT2D eigenvalue weighted by atomic mass is 19.4. The van der Waals surface area contributed by atoms with E-state index in [1.54, 1.807) is 0 Å². The summed E-state index contributed by atoms with van der Waals surface area (Å²) in [5, 5.41) is 0. The molecule has 2 aliphatic rings. The van der Waals surface area contributed by atoms with Crippen LogP contribution in [0.25, 0.3) is 0 Å². The standard InChI is InChI=1S/C15H17F9O3/c1-10(2,3)26-9(25)27-13(14(19,20)21,15(22,23)24)11(16)7-4-5-8(6-7)12(11,17)18/h7-8H,4-6H2,1-3H3. The second-order valence-electron chi connectivity index (χ2n) is 7.78. The molecular weight excluding hydrogens is 399 g/mol. The third-order valence-corrected chi connectivity index (χ3v) is 4.93. The molecule has 0 amide bonds. The SMILES string of the molecule is CC(C)(C)OC(=O)OC(C(F)(F)F)(C(F)(F)F)C1(F)C2CCC(C2)C1(F)F. The number of carbonyl (C=O) groups is 1. The number of ether oxygens (including phenoxy) is 2. The van der Waals surface area contributed by atoms with Crippen molar-refractivity contribution in [1.29, 1.82) is 0 Å². The van der Waals surface area contributed by atoms with Crippen LogP contribution in [0.2, 0.25) is 0 Å². The molecule has 2 bridgehead atoms. The lowest BCUT2D eigenvalue weighted by Crippen LogP contribution is -2.77. The van der Waals surface area contributed by atoms with Gasteiger partial charge in [-0.05, 0) is 40.0 Å². The Balaban J connectivity index is 2.69. The Hall–Kier alpha value is -1.36. The summed E-state index contributed by atoms with van der Waals surface area (Å²) in [6.45, 7) is 3.28. The first-order valence-corrected chi connectivity index (χ1v) is 7.93. The highest BCUT2D eigenvalue weighted by Crippen LogP contribution is 2.70. The molecule has 0 aromatic heterocycles. The first-order valence-electron chi connectivity index (χ1n) is 7.93. The molecule has 158 valence electrons. The maximum atomic E-state index is 15.4. The maximum Gasteiger partial charge on any atom is 0.510 e. The summed E-state index contributed by atoms with van der Waals surface area (Å²) < 4.78 is 134. The summed E-state index contributed by atoms with van der Waals surface area (Å²) in [5.41, 5.74) is -12.9. The molecular formula is C15H17F9O3. The Labute approximate surface area is 148 Å². The van der Waals surface area contributed by atoms with Crippen molar-refractivity contribution in [3.8, 4) is 0 Å². The molecule has 2 aliphatic carbocycles. The Kier molecular flexibility index (Phi) is 4.73. The predicted molar refractivity (Wildman–Crippen MR) is 71.8 cm³/mol. The zero-order valence-electron chi connectivity index (χ0n) is 14.4. The minimum atomic E-state index is -6.72. The molecule has 2 fully saturated rings. The molecule has 3 nitrogen and oxygen atoms in total. The number of rotatable bonds is 2. The summed E-state index contributed by atoms with van der Waals surface area (Å²) in [6.07, 6.45) is -17.9. The zero-order chi connectivity index (χ0) is 21.3. The van der Waals surface area contributed by atoms with Gasteiger partial charge in [-0.25, -0.2) is 18.0 Å². The van der Waals surface area contributed by atoms with E-state index in [9.17, 15) is 39.9 Å². The molecule has 0 spiro atoms. The van der Waals surface area contributed by atoms with E-state index in [-0.39, 0.29) is 0 Å². The summed E-state index contributed by atoms with van der Waals surface area (Å²) >= 11 is 0. The molecule has 0 saturated heterocycles. The highest BCUT2D eigenvalue weighted by Gasteiger charge is 2.94. The second kappa shape index (κ2) is 5.82. The molecule has 27 heavy (non-hydrogen) atoms. The molecule has 2 saturated carbocycles. The first kappa shape index (κ1) is 21.9. The topological polar surface area (TPSA) is 35.5 Å². The molecule has 0 heterocycles. The number of carbonyl (C=O) groups excluding carboxylic acids is 1. The number of fused-ring (bicyclic) bond motifs is 2. The zero-order valence-corrected chi connectivity index (χ0v) is 14.4. The summed E-state index contributed by atoms with van der Waals surface area (Å²) in [6, 6.07) is 0. The van der Waals surface area contributed by atoms with Gasteiger partial charge in [0.25, 0.3) is 5.92 Å². The van der Waals surface area contributed by atoms with Gasteiger partial charge in [0.15, 0.2) is 0 Å². The van der Waals surface area contributed by atoms with Gasteiger partial charge in [-0.1, -0.05) is 0 Å². The van der Waals surface area contributed by atoms with Crippen molar-refractivity contribution in [2.75, 3.05) is 0 Å². The fraction of sp³-hybridized carbons (Fsp3) is 0.933. The van der Waals surface area contributed by atoms with Crippen LogP contribution in [0.1, 0.15) is 40.0 Å². The minimum Gasteiger partial charge on any atom is -0.429 e. The first-order chi connectivity index (χ1) is 11.8. The Morgan fingerprint density at radius 3 is 1.63 bits per heavy atom. The van der Waals surface area contributed by atoms with Crippen molar-refractivity contribution in [2.45, 2.75) is 75.2 Å². The summed E-state index contributed by atoms with van der Waals surface area (Å²) in [4.78, 5) is 11.6. The van der Waals surface area contributed by atoms with Gasteiger partial charge in [0.2, 0.25) is 5.67 Å². The molecule has 3 unspecified atom stereocenters. The van der Waals surface area contributed by atoms with E-state index in [4.69, 9.17) is 0 Å². The van der Waals surface area contributed by atoms with Crippen LogP contribution in [-0.2, 0) is 9.47 Å². The largest absolute Gasteiger partial charge is 0.510 e. The van der Waals surface area contributed by atoms with Crippen LogP contribution in [0, 0.1) is 11.8 Å². The van der Waals surface area contributed by atoms with Crippen LogP contribution in [-0.4, -0.2) is 41.3 Å². The number of halogens is 9. The van der Waals surface area contributed by atoms with Gasteiger partial charge in [0, 0.05) is 11.8 Å². The summed E-state index contributed by atoms with van der Waals surface area (Å²) in [5.74, 6) is -9.31. The van der Waals surface area contributed by atoms with Crippen molar-refractivity contribution < 1.29 is 53.8 Å². The van der Waals surface area contributed by atoms with Crippen molar-refractivity contribution >= 4 is 6.16 Å². The van der Waals surface area contributed by atoms with E-state index in [2.05, 4.69) is 9.47 Å². The lowest BCUT2D eigenvalue weighted by atomic mass is 9.69. The Morgan fingerprint density at radius 1 is 0.852 bits per heavy atom. The van der Waals surface area contributed by atoms with E-state index in [0.29, 0.717) is 0 Å². The van der Waals surface area contributed by atoms with Gasteiger partial charge in [-0.3, -0.25) is 0 Å². The van der Waals surface area contributed by atoms with E-state index < -0.39 is 72.4 Å². The molecule has 12 heteroatoms. The lowest BCUT2D eigenvalue weighted by Gasteiger charge is -2.49. The molecule has 0 aromatic rings. The third-order valence-electron chi connectivity index (χ3n) is 4.93. The van der Waals surface area contributed by atoms with Gasteiger partial charge in [-0.15, -0.1) is 0 Å². The third kappa shape index (κ3) is 2.93. The second-order valence-corrected chi connectivity index (χ2v) is 7.78. The highest BCUT2D eigenvalue weighted by molar-refractivity contribution is 5.62. The molecule has 0 N–H and O–H groups in total. The molecule has 0 radical (unpaired) electrons. The summed E-state index contributed by atoms with van der Waals surface area (Å²) in [7, 11) is 0. The van der Waals surface area contributed by atoms with Crippen LogP contribution in [0.15, 0.2) is 0 Å². The lowest BCUT2D eigenvalue weighted by molar-refractivity contribution is -0.430. The number of hydrogen-bond donors (Lipinski definition) is 0. The Bertz CT molecular complexity index is 591. The maximum absolute atomic E-state index is 15.4. The van der Waals surface area contributed by atoms with Crippen LogP contribution in [0.3, 0.4) is 0 Å². The van der Waals surface area contributed by atoms with Gasteiger partial charge >= 0.3 is 24.1 Å². The van der Waals surface area contributed by atoms with E-state index in [1.165, 1.54) is 0 Å². The predicted octanol–water partition coefficient (Wildman–Crippen LogP) is 5.58. The fourth-order valence-corrected chi connectivity index (χ4v) is 3.92. The van der Waals surface area contributed by atoms with E-state index in [0.717, 1.165) is 20.8 Å². The van der Waals surface area contributed by atoms with Gasteiger partial charge in [-0.2, -0.15) is 26.3 Å². The van der Waals surface area contributed by atoms with Crippen LogP contribution in [0.4, 0.5) is 44.3 Å². The quantitative estimate of drug-likeness (QED) is 0.436. The minimum absolute atomic E-state index is 0.429. The van der Waals surface area contributed by atoms with Crippen LogP contribution < -0.4 is 0 Å². The number of alkyl halides is 9. The smallest absolute Gasteiger partial charge is 0.429 e. The monoisotopic (exact) mass is 416 g/mol. The van der Waals surface area contributed by atoms with Crippen molar-refractivity contribution in [1.82, 2.24) is 0 Å². The van der Waals surface area contributed by atoms with Crippen molar-refractivity contribution in [2.24, 2.45) is 11.8 Å². The van der Waals surface area contributed by atoms with Crippen molar-refractivity contribution in [3.05, 3.63) is 0 Å². The molecule has 3 atom stereocenters. The number of hydrogen-bond acceptors (Lipinski definition) is 3. The average molecular weight is 416 g/mol. The van der Waals surface area contributed by atoms with Crippen LogP contribution in [0.5, 0.6) is 0 Å². The van der Waals surface area contributed by atoms with Crippen molar-refractivity contribution in [3.63, 3.8) is 0 Å². The van der Waals surface area contributed by atoms with Crippen LogP contribution >= 0.6 is 0 Å². The van der Waals surface area contributed by atoms with Gasteiger partial charge < -0.3 is 9.47 Å². The average Bonchev–Trinajstić information content (AvgIpc) is 2.94. The molecule has 0 aromatic carbocycles. The normalized spacial score (nSPS) is 31.1. The molecule has 0 aliphatic heterocycles. The van der Waals surface area contributed by atoms with Gasteiger partial charge in [0.1, 0.15) is 5.60 Å². The van der Waals surface area contributed by atoms with Gasteiger partial charge in [0.05, 0.1) is 0 Å². The fourth-order valence-electron chi connectivity index (χ4n) is 3.92. The molecule has 2 rings (SSSR count).